The first kappa shape index (κ1) is 19.5. The minimum absolute atomic E-state index is 0.0666. The summed E-state index contributed by atoms with van der Waals surface area (Å²) in [6, 6.07) is 12.4. The molecule has 29 heavy (non-hydrogen) atoms. The van der Waals surface area contributed by atoms with E-state index in [-0.39, 0.29) is 6.61 Å². The summed E-state index contributed by atoms with van der Waals surface area (Å²) >= 11 is 1.60. The molecule has 0 aliphatic heterocycles. The van der Waals surface area contributed by atoms with Gasteiger partial charge in [0.25, 0.3) is 0 Å². The number of azo groups is 1. The van der Waals surface area contributed by atoms with Crippen LogP contribution in [-0.2, 0) is 13.6 Å². The predicted octanol–water partition coefficient (Wildman–Crippen LogP) is 4.33. The lowest BCUT2D eigenvalue weighted by molar-refractivity contribution is -0.627. The Balaban J connectivity index is 1.64. The molecular weight excluding hydrogens is 384 g/mol. The molecule has 0 aliphatic carbocycles. The Hall–Kier alpha value is -2.84. The molecule has 0 bridgehead atoms. The number of thiazole rings is 1. The van der Waals surface area contributed by atoms with Crippen LogP contribution in [0.15, 0.2) is 52.8 Å². The Kier molecular flexibility index (Phi) is 5.55. The average molecular weight is 410 g/mol. The smallest absolute Gasteiger partial charge is 0.394 e. The Morgan fingerprint density at radius 1 is 1.14 bits per heavy atom. The molecule has 0 spiro atoms. The maximum absolute atomic E-state index is 9.23. The molecule has 2 aromatic heterocycles. The van der Waals surface area contributed by atoms with Gasteiger partial charge in [-0.2, -0.15) is 5.10 Å². The van der Waals surface area contributed by atoms with Gasteiger partial charge in [0, 0.05) is 30.2 Å². The molecule has 0 fully saturated rings. The van der Waals surface area contributed by atoms with Crippen molar-refractivity contribution < 1.29 is 9.67 Å². The van der Waals surface area contributed by atoms with Gasteiger partial charge in [-0.1, -0.05) is 0 Å². The van der Waals surface area contributed by atoms with Crippen molar-refractivity contribution in [3.05, 3.63) is 42.6 Å². The Morgan fingerprint density at radius 2 is 1.90 bits per heavy atom. The Morgan fingerprint density at radius 3 is 2.59 bits per heavy atom. The van der Waals surface area contributed by atoms with Crippen LogP contribution in [0.2, 0.25) is 0 Å². The lowest BCUT2D eigenvalue weighted by Crippen LogP contribution is -2.25. The fraction of sp³-hybridized carbons (Fsp3) is 0.333. The fourth-order valence-corrected chi connectivity index (χ4v) is 4.49. The topological polar surface area (TPSA) is 69.9 Å². The van der Waals surface area contributed by atoms with Crippen LogP contribution >= 0.6 is 11.3 Å². The van der Waals surface area contributed by atoms with Gasteiger partial charge in [-0.05, 0) is 60.6 Å². The number of anilines is 1. The number of benzene rings is 2. The highest BCUT2D eigenvalue weighted by Gasteiger charge is 2.18. The highest BCUT2D eigenvalue weighted by atomic mass is 32.1. The minimum Gasteiger partial charge on any atom is -0.394 e. The Labute approximate surface area is 173 Å². The molecule has 0 amide bonds. The van der Waals surface area contributed by atoms with Crippen LogP contribution in [0.4, 0.5) is 16.5 Å². The van der Waals surface area contributed by atoms with Crippen molar-refractivity contribution in [2.45, 2.75) is 20.4 Å². The van der Waals surface area contributed by atoms with E-state index < -0.39 is 0 Å². The summed E-state index contributed by atoms with van der Waals surface area (Å²) < 4.78 is 5.00. The highest BCUT2D eigenvalue weighted by molar-refractivity contribution is 7.21. The van der Waals surface area contributed by atoms with Crippen molar-refractivity contribution in [3.63, 3.8) is 0 Å². The second-order valence-electron chi connectivity index (χ2n) is 6.80. The first-order chi connectivity index (χ1) is 14.1. The SMILES string of the molecule is CCN(CC)c1ccc(N=Nc2sc3cc4cnn(CCO)c4cc3[n+]2C)cc1. The van der Waals surface area contributed by atoms with E-state index in [2.05, 4.69) is 58.3 Å². The van der Waals surface area contributed by atoms with Crippen molar-refractivity contribution in [1.82, 2.24) is 9.78 Å². The van der Waals surface area contributed by atoms with E-state index in [1.165, 1.54) is 5.69 Å². The first-order valence-corrected chi connectivity index (χ1v) is 10.6. The van der Waals surface area contributed by atoms with Gasteiger partial charge in [-0.15, -0.1) is 0 Å². The Bertz CT molecular complexity index is 1160. The summed E-state index contributed by atoms with van der Waals surface area (Å²) in [4.78, 5) is 2.30. The molecule has 0 saturated carbocycles. The molecule has 0 unspecified atom stereocenters. The lowest BCUT2D eigenvalue weighted by atomic mass is 10.2. The van der Waals surface area contributed by atoms with Gasteiger partial charge in [0.05, 0.1) is 41.7 Å². The second-order valence-corrected chi connectivity index (χ2v) is 7.81. The molecule has 8 heteroatoms. The molecule has 0 atom stereocenters. The monoisotopic (exact) mass is 409 g/mol. The number of rotatable bonds is 7. The van der Waals surface area contributed by atoms with Gasteiger partial charge in [0.1, 0.15) is 11.2 Å². The molecule has 150 valence electrons. The van der Waals surface area contributed by atoms with E-state index in [4.69, 9.17) is 0 Å². The van der Waals surface area contributed by atoms with Crippen LogP contribution in [-0.4, -0.2) is 34.6 Å². The highest BCUT2D eigenvalue weighted by Crippen LogP contribution is 2.31. The summed E-state index contributed by atoms with van der Waals surface area (Å²) in [5.41, 5.74) is 4.12. The first-order valence-electron chi connectivity index (χ1n) is 9.80. The number of fused-ring (bicyclic) bond motifs is 2. The zero-order chi connectivity index (χ0) is 20.4. The number of aliphatic hydroxyl groups excluding tert-OH is 1. The van der Waals surface area contributed by atoms with Crippen LogP contribution in [0.1, 0.15) is 13.8 Å². The summed E-state index contributed by atoms with van der Waals surface area (Å²) in [7, 11) is 2.00. The third-order valence-electron chi connectivity index (χ3n) is 5.11. The van der Waals surface area contributed by atoms with Crippen LogP contribution < -0.4 is 9.47 Å². The molecule has 2 heterocycles. The van der Waals surface area contributed by atoms with E-state index in [0.717, 1.165) is 45.0 Å². The van der Waals surface area contributed by atoms with Crippen molar-refractivity contribution in [1.29, 1.82) is 0 Å². The molecule has 0 saturated heterocycles. The number of aryl methyl sites for hydroxylation is 1. The molecular formula is C21H25N6OS+. The second kappa shape index (κ2) is 8.26. The third-order valence-corrected chi connectivity index (χ3v) is 6.20. The van der Waals surface area contributed by atoms with Crippen molar-refractivity contribution >= 4 is 49.0 Å². The quantitative estimate of drug-likeness (QED) is 0.365. The third kappa shape index (κ3) is 3.73. The normalized spacial score (nSPS) is 11.9. The van der Waals surface area contributed by atoms with Crippen molar-refractivity contribution in [2.75, 3.05) is 24.6 Å². The zero-order valence-electron chi connectivity index (χ0n) is 16.9. The van der Waals surface area contributed by atoms with Gasteiger partial charge >= 0.3 is 5.13 Å². The molecule has 4 aromatic rings. The van der Waals surface area contributed by atoms with Crippen molar-refractivity contribution in [2.24, 2.45) is 17.3 Å². The molecule has 1 N–H and O–H groups in total. The number of hydrogen-bond acceptors (Lipinski definition) is 6. The van der Waals surface area contributed by atoms with Gasteiger partial charge in [-0.3, -0.25) is 4.68 Å². The summed E-state index contributed by atoms with van der Waals surface area (Å²) in [5, 5.41) is 24.4. The number of aliphatic hydroxyl groups is 1. The van der Waals surface area contributed by atoms with E-state index in [0.29, 0.717) is 6.54 Å². The molecule has 2 aromatic carbocycles. The zero-order valence-corrected chi connectivity index (χ0v) is 17.7. The van der Waals surface area contributed by atoms with E-state index in [9.17, 15) is 5.11 Å². The maximum Gasteiger partial charge on any atom is 0.409 e. The fourth-order valence-electron chi connectivity index (χ4n) is 3.49. The van der Waals surface area contributed by atoms with E-state index in [1.54, 1.807) is 11.3 Å². The van der Waals surface area contributed by atoms with Gasteiger partial charge < -0.3 is 10.0 Å². The van der Waals surface area contributed by atoms with Gasteiger partial charge in [0.2, 0.25) is 0 Å². The van der Waals surface area contributed by atoms with Crippen LogP contribution in [0, 0.1) is 0 Å². The maximum atomic E-state index is 9.23. The lowest BCUT2D eigenvalue weighted by Gasteiger charge is -2.20. The van der Waals surface area contributed by atoms with E-state index in [1.807, 2.05) is 34.6 Å². The number of nitrogens with zero attached hydrogens (tertiary/aromatic N) is 6. The molecule has 0 radical (unpaired) electrons. The number of hydrogen-bond donors (Lipinski definition) is 1. The predicted molar refractivity (Wildman–Crippen MR) is 118 cm³/mol. The summed E-state index contributed by atoms with van der Waals surface area (Å²) in [5.74, 6) is 0. The van der Waals surface area contributed by atoms with Crippen molar-refractivity contribution in [3.8, 4) is 0 Å². The van der Waals surface area contributed by atoms with Crippen LogP contribution in [0.3, 0.4) is 0 Å². The largest absolute Gasteiger partial charge is 0.409 e. The van der Waals surface area contributed by atoms with Gasteiger partial charge in [-0.25, -0.2) is 4.57 Å². The molecule has 0 aliphatic rings. The number of aromatic nitrogens is 3. The standard InChI is InChI=1S/C21H25N6OS/c1-4-26(5-2)17-8-6-16(7-9-17)23-24-21-25(3)19-13-18-15(12-20(19)29-21)14-22-27(18)10-11-28/h6-9,12-14,28H,4-5,10-11H2,1-3H3/q+1. The van der Waals surface area contributed by atoms with E-state index >= 15 is 0 Å². The summed E-state index contributed by atoms with van der Waals surface area (Å²) in [6.07, 6.45) is 1.84. The molecule has 4 rings (SSSR count). The molecule has 7 nitrogen and oxygen atoms in total. The average Bonchev–Trinajstić information content (AvgIpc) is 3.27. The van der Waals surface area contributed by atoms with Crippen LogP contribution in [0.5, 0.6) is 0 Å². The van der Waals surface area contributed by atoms with Gasteiger partial charge in [0.15, 0.2) is 0 Å². The minimum atomic E-state index is 0.0666. The van der Waals surface area contributed by atoms with Crippen LogP contribution in [0.25, 0.3) is 21.1 Å². The summed E-state index contributed by atoms with van der Waals surface area (Å²) in [6.45, 7) is 6.83.